The van der Waals surface area contributed by atoms with E-state index in [9.17, 15) is 4.79 Å². The van der Waals surface area contributed by atoms with Gasteiger partial charge in [-0.15, -0.1) is 0 Å². The number of carbonyl (C=O) groups is 1. The van der Waals surface area contributed by atoms with E-state index >= 15 is 0 Å². The topological polar surface area (TPSA) is 55.0 Å². The predicted octanol–water partition coefficient (Wildman–Crippen LogP) is 2.94. The van der Waals surface area contributed by atoms with Crippen LogP contribution in [0.4, 0.5) is 0 Å². The van der Waals surface area contributed by atoms with Crippen molar-refractivity contribution in [2.45, 2.75) is 13.3 Å². The van der Waals surface area contributed by atoms with E-state index < -0.39 is 0 Å². The first-order valence-corrected chi connectivity index (χ1v) is 6.44. The zero-order chi connectivity index (χ0) is 13.0. The van der Waals surface area contributed by atoms with Crippen LogP contribution in [-0.2, 0) is 11.2 Å². The lowest BCUT2D eigenvalue weighted by Gasteiger charge is -2.05. The van der Waals surface area contributed by atoms with Crippen molar-refractivity contribution in [3.63, 3.8) is 0 Å². The van der Waals surface area contributed by atoms with Crippen molar-refractivity contribution >= 4 is 21.9 Å². The molecule has 94 valence electrons. The number of carbonyl (C=O) groups excluding carboxylic acids is 1. The van der Waals surface area contributed by atoms with Crippen LogP contribution in [0.15, 0.2) is 34.9 Å². The van der Waals surface area contributed by atoms with E-state index in [-0.39, 0.29) is 5.97 Å². The molecule has 1 N–H and O–H groups in total. The Morgan fingerprint density at radius 2 is 2.17 bits per heavy atom. The summed E-state index contributed by atoms with van der Waals surface area (Å²) in [5.74, 6) is -0.364. The van der Waals surface area contributed by atoms with E-state index in [2.05, 4.69) is 26.1 Å². The van der Waals surface area contributed by atoms with Gasteiger partial charge in [0, 0.05) is 16.5 Å². The molecule has 0 radical (unpaired) electrons. The molecule has 0 aliphatic carbocycles. The maximum Gasteiger partial charge on any atom is 0.356 e. The molecule has 0 saturated carbocycles. The number of ether oxygens (including phenoxy) is 1. The van der Waals surface area contributed by atoms with Gasteiger partial charge in [-0.2, -0.15) is 5.10 Å². The van der Waals surface area contributed by atoms with Crippen molar-refractivity contribution in [3.8, 4) is 0 Å². The molecule has 0 atom stereocenters. The first-order chi connectivity index (χ1) is 8.72. The van der Waals surface area contributed by atoms with E-state index in [0.717, 1.165) is 15.6 Å². The minimum absolute atomic E-state index is 0.353. The number of aromatic nitrogens is 2. The van der Waals surface area contributed by atoms with Gasteiger partial charge in [-0.3, -0.25) is 5.10 Å². The number of esters is 1. The van der Waals surface area contributed by atoms with E-state index in [4.69, 9.17) is 4.74 Å². The molecule has 2 aromatic rings. The van der Waals surface area contributed by atoms with E-state index in [1.165, 1.54) is 0 Å². The Morgan fingerprint density at radius 1 is 1.39 bits per heavy atom. The second-order valence-electron chi connectivity index (χ2n) is 3.76. The molecule has 0 fully saturated rings. The molecule has 1 aromatic carbocycles. The summed E-state index contributed by atoms with van der Waals surface area (Å²) in [6.45, 7) is 2.13. The quantitative estimate of drug-likeness (QED) is 0.884. The lowest BCUT2D eigenvalue weighted by atomic mass is 10.1. The van der Waals surface area contributed by atoms with Gasteiger partial charge in [-0.25, -0.2) is 4.79 Å². The first kappa shape index (κ1) is 12.8. The third kappa shape index (κ3) is 2.79. The lowest BCUT2D eigenvalue weighted by Crippen LogP contribution is -2.08. The predicted molar refractivity (Wildman–Crippen MR) is 71.5 cm³/mol. The van der Waals surface area contributed by atoms with E-state index in [0.29, 0.717) is 18.7 Å². The summed E-state index contributed by atoms with van der Waals surface area (Å²) in [6, 6.07) is 7.89. The average molecular weight is 309 g/mol. The van der Waals surface area contributed by atoms with Gasteiger partial charge in [0.25, 0.3) is 0 Å². The van der Waals surface area contributed by atoms with Gasteiger partial charge in [-0.05, 0) is 18.6 Å². The molecule has 4 nitrogen and oxygen atoms in total. The van der Waals surface area contributed by atoms with Crippen molar-refractivity contribution in [2.24, 2.45) is 0 Å². The van der Waals surface area contributed by atoms with Gasteiger partial charge in [-0.1, -0.05) is 34.1 Å². The van der Waals surface area contributed by atoms with E-state index in [1.807, 2.05) is 24.3 Å². The highest BCUT2D eigenvalue weighted by Gasteiger charge is 2.15. The van der Waals surface area contributed by atoms with Gasteiger partial charge in [0.1, 0.15) is 5.69 Å². The Bertz CT molecular complexity index is 551. The Morgan fingerprint density at radius 3 is 2.89 bits per heavy atom. The molecular weight excluding hydrogens is 296 g/mol. The monoisotopic (exact) mass is 308 g/mol. The third-order valence-corrected chi connectivity index (χ3v) is 3.31. The SMILES string of the molecule is CCOC(=O)c1[nH]ncc1Cc1ccccc1Br. The number of rotatable bonds is 4. The van der Waals surface area contributed by atoms with Crippen LogP contribution in [0.1, 0.15) is 28.5 Å². The molecule has 0 spiro atoms. The Kier molecular flexibility index (Phi) is 4.15. The zero-order valence-corrected chi connectivity index (χ0v) is 11.5. The summed E-state index contributed by atoms with van der Waals surface area (Å²) in [5.41, 5.74) is 2.36. The molecule has 0 saturated heterocycles. The van der Waals surface area contributed by atoms with Gasteiger partial charge in [0.15, 0.2) is 0 Å². The van der Waals surface area contributed by atoms with Crippen molar-refractivity contribution in [1.82, 2.24) is 10.2 Å². The van der Waals surface area contributed by atoms with Crippen LogP contribution in [0, 0.1) is 0 Å². The highest BCUT2D eigenvalue weighted by Crippen LogP contribution is 2.20. The molecule has 0 aliphatic rings. The maximum absolute atomic E-state index is 11.7. The molecule has 0 bridgehead atoms. The maximum atomic E-state index is 11.7. The molecule has 0 aliphatic heterocycles. The lowest BCUT2D eigenvalue weighted by molar-refractivity contribution is 0.0518. The summed E-state index contributed by atoms with van der Waals surface area (Å²) in [7, 11) is 0. The van der Waals surface area contributed by atoms with Crippen molar-refractivity contribution in [1.29, 1.82) is 0 Å². The number of hydrogen-bond acceptors (Lipinski definition) is 3. The van der Waals surface area contributed by atoms with Gasteiger partial charge in [0.05, 0.1) is 12.8 Å². The standard InChI is InChI=1S/C13H13BrN2O2/c1-2-18-13(17)12-10(8-15-16-12)7-9-5-3-4-6-11(9)14/h3-6,8H,2,7H2,1H3,(H,15,16). The molecule has 2 rings (SSSR count). The van der Waals surface area contributed by atoms with Gasteiger partial charge < -0.3 is 4.74 Å². The largest absolute Gasteiger partial charge is 0.461 e. The molecular formula is C13H13BrN2O2. The fourth-order valence-electron chi connectivity index (χ4n) is 1.67. The summed E-state index contributed by atoms with van der Waals surface area (Å²) >= 11 is 3.49. The Balaban J connectivity index is 2.23. The number of nitrogens with zero attached hydrogens (tertiary/aromatic N) is 1. The fourth-order valence-corrected chi connectivity index (χ4v) is 2.10. The molecule has 5 heteroatoms. The molecule has 0 unspecified atom stereocenters. The molecule has 18 heavy (non-hydrogen) atoms. The number of nitrogens with one attached hydrogen (secondary N) is 1. The van der Waals surface area contributed by atoms with Crippen LogP contribution in [-0.4, -0.2) is 22.8 Å². The summed E-state index contributed by atoms with van der Waals surface area (Å²) in [6.07, 6.45) is 2.29. The first-order valence-electron chi connectivity index (χ1n) is 5.65. The molecule has 0 amide bonds. The number of benzene rings is 1. The summed E-state index contributed by atoms with van der Waals surface area (Å²) < 4.78 is 5.99. The van der Waals surface area contributed by atoms with Crippen LogP contribution >= 0.6 is 15.9 Å². The van der Waals surface area contributed by atoms with Crippen molar-refractivity contribution < 1.29 is 9.53 Å². The summed E-state index contributed by atoms with van der Waals surface area (Å²) in [5, 5.41) is 6.60. The number of aromatic amines is 1. The van der Waals surface area contributed by atoms with Gasteiger partial charge in [0.2, 0.25) is 0 Å². The number of H-pyrrole nitrogens is 1. The fraction of sp³-hybridized carbons (Fsp3) is 0.231. The molecule has 1 heterocycles. The smallest absolute Gasteiger partial charge is 0.356 e. The van der Waals surface area contributed by atoms with Crippen molar-refractivity contribution in [3.05, 3.63) is 51.8 Å². The second kappa shape index (κ2) is 5.82. The third-order valence-electron chi connectivity index (χ3n) is 2.54. The van der Waals surface area contributed by atoms with Crippen LogP contribution < -0.4 is 0 Å². The minimum Gasteiger partial charge on any atom is -0.461 e. The summed E-state index contributed by atoms with van der Waals surface area (Å²) in [4.78, 5) is 11.7. The Hall–Kier alpha value is -1.62. The second-order valence-corrected chi connectivity index (χ2v) is 4.61. The van der Waals surface area contributed by atoms with Crippen molar-refractivity contribution in [2.75, 3.05) is 6.61 Å². The van der Waals surface area contributed by atoms with E-state index in [1.54, 1.807) is 13.1 Å². The normalized spacial score (nSPS) is 10.3. The minimum atomic E-state index is -0.364. The van der Waals surface area contributed by atoms with Crippen LogP contribution in [0.5, 0.6) is 0 Å². The Labute approximate surface area is 113 Å². The highest BCUT2D eigenvalue weighted by molar-refractivity contribution is 9.10. The number of hydrogen-bond donors (Lipinski definition) is 1. The highest BCUT2D eigenvalue weighted by atomic mass is 79.9. The van der Waals surface area contributed by atoms with Gasteiger partial charge >= 0.3 is 5.97 Å². The number of halogens is 1. The van der Waals surface area contributed by atoms with Crippen LogP contribution in [0.2, 0.25) is 0 Å². The van der Waals surface area contributed by atoms with Crippen LogP contribution in [0.3, 0.4) is 0 Å². The van der Waals surface area contributed by atoms with Crippen LogP contribution in [0.25, 0.3) is 0 Å². The average Bonchev–Trinajstić information content (AvgIpc) is 2.81. The molecule has 1 aromatic heterocycles. The zero-order valence-electron chi connectivity index (χ0n) is 9.94.